The van der Waals surface area contributed by atoms with Crippen LogP contribution in [0.3, 0.4) is 0 Å². The van der Waals surface area contributed by atoms with Crippen LogP contribution in [-0.2, 0) is 98.4 Å². The molecule has 8 aromatic rings. The maximum absolute atomic E-state index is 14.2. The maximum atomic E-state index is 14.2. The Morgan fingerprint density at radius 2 is 0.767 bits per heavy atom. The summed E-state index contributed by atoms with van der Waals surface area (Å²) < 4.78 is 82.0. The fraction of sp³-hybridized carbons (Fsp3) is 0.300. The second-order valence-corrected chi connectivity index (χ2v) is 20.8. The van der Waals surface area contributed by atoms with E-state index in [0.717, 1.165) is 38.9 Å². The molecule has 1 heterocycles. The van der Waals surface area contributed by atoms with Crippen molar-refractivity contribution < 1.29 is 61.6 Å². The largest absolute Gasteiger partial charge is 0.497 e. The number of carbonyl (C=O) groups is 1. The lowest BCUT2D eigenvalue weighted by Crippen LogP contribution is -2.69. The highest BCUT2D eigenvalue weighted by molar-refractivity contribution is 5.71. The van der Waals surface area contributed by atoms with Gasteiger partial charge in [0.05, 0.1) is 60.0 Å². The normalized spacial score (nSPS) is 22.7. The van der Waals surface area contributed by atoms with Crippen molar-refractivity contribution in [2.24, 2.45) is 5.11 Å². The molecule has 16 nitrogen and oxygen atoms in total. The molecule has 0 amide bonds. The predicted octanol–water partition coefficient (Wildman–Crippen LogP) is 12.5. The molecular weight excluding hydrogens is 1090 g/mol. The topological polar surface area (TPSA) is 177 Å². The number of ether oxygens (including phenoxy) is 12. The minimum absolute atomic E-state index is 0.0207. The van der Waals surface area contributed by atoms with Gasteiger partial charge in [0.1, 0.15) is 66.4 Å². The molecule has 2 aliphatic rings. The van der Waals surface area contributed by atoms with Crippen LogP contribution in [0, 0.1) is 0 Å². The minimum atomic E-state index is -1.46. The van der Waals surface area contributed by atoms with Gasteiger partial charge in [0.15, 0.2) is 19.0 Å². The van der Waals surface area contributed by atoms with Crippen molar-refractivity contribution >= 4 is 5.97 Å². The van der Waals surface area contributed by atoms with Crippen LogP contribution < -0.4 is 9.47 Å². The van der Waals surface area contributed by atoms with Crippen LogP contribution in [0.5, 0.6) is 11.5 Å². The average molecular weight is 1160 g/mol. The van der Waals surface area contributed by atoms with E-state index in [9.17, 15) is 10.3 Å². The fourth-order valence-corrected chi connectivity index (χ4v) is 10.5. The number of nitrogens with zero attached hydrogens (tertiary/aromatic N) is 3. The number of carbonyl (C=O) groups excluding carboxylic acids is 1. The Morgan fingerprint density at radius 3 is 1.15 bits per heavy atom. The lowest BCUT2D eigenvalue weighted by Gasteiger charge is -2.52. The number of methoxy groups -OCH3 is 1. The molecule has 0 N–H and O–H groups in total. The molecule has 0 unspecified atom stereocenters. The van der Waals surface area contributed by atoms with Crippen LogP contribution in [0.25, 0.3) is 10.4 Å². The van der Waals surface area contributed by atoms with E-state index in [1.165, 1.54) is 0 Å². The zero-order valence-electron chi connectivity index (χ0n) is 47.9. The summed E-state index contributed by atoms with van der Waals surface area (Å²) in [5, 5.41) is 4.42. The molecule has 0 bridgehead atoms. The Bertz CT molecular complexity index is 3270. The van der Waals surface area contributed by atoms with E-state index in [2.05, 4.69) is 10.0 Å². The summed E-state index contributed by atoms with van der Waals surface area (Å²) in [6.07, 6.45) is -11.0. The Balaban J connectivity index is 1.10. The smallest absolute Gasteiger partial charge is 0.344 e. The second kappa shape index (κ2) is 32.3. The molecule has 0 aromatic heterocycles. The zero-order valence-corrected chi connectivity index (χ0v) is 47.9. The molecule has 10 rings (SSSR count). The summed E-state index contributed by atoms with van der Waals surface area (Å²) >= 11 is 0. The molecule has 16 heteroatoms. The van der Waals surface area contributed by atoms with Gasteiger partial charge in [0.2, 0.25) is 0 Å². The van der Waals surface area contributed by atoms with E-state index in [0.29, 0.717) is 11.5 Å². The first-order valence-corrected chi connectivity index (χ1v) is 28.8. The average Bonchev–Trinajstić information content (AvgIpc) is 2.29. The van der Waals surface area contributed by atoms with Gasteiger partial charge >= 0.3 is 5.97 Å². The molecule has 2 fully saturated rings. The maximum Gasteiger partial charge on any atom is 0.344 e. The number of hydrogen-bond donors (Lipinski definition) is 0. The summed E-state index contributed by atoms with van der Waals surface area (Å²) in [4.78, 5) is 17.6. The van der Waals surface area contributed by atoms with E-state index >= 15 is 0 Å². The highest BCUT2D eigenvalue weighted by atomic mass is 16.7. The monoisotopic (exact) mass is 1160 g/mol. The number of para-hydroxylation sites is 1. The molecular formula is C70H71N3O13. The summed E-state index contributed by atoms with van der Waals surface area (Å²) in [6.45, 7) is 0.272. The van der Waals surface area contributed by atoms with E-state index in [1.807, 2.05) is 212 Å². The Kier molecular flexibility index (Phi) is 22.9. The van der Waals surface area contributed by atoms with Gasteiger partial charge in [-0.2, -0.15) is 0 Å². The van der Waals surface area contributed by atoms with Gasteiger partial charge in [-0.25, -0.2) is 4.79 Å². The van der Waals surface area contributed by atoms with Gasteiger partial charge in [-0.05, 0) is 68.7 Å². The van der Waals surface area contributed by atoms with Crippen LogP contribution in [0.15, 0.2) is 242 Å². The highest BCUT2D eigenvalue weighted by Gasteiger charge is 2.58. The van der Waals surface area contributed by atoms with Crippen molar-refractivity contribution in [3.8, 4) is 11.5 Å². The van der Waals surface area contributed by atoms with Gasteiger partial charge in [-0.15, -0.1) is 0 Å². The lowest BCUT2D eigenvalue weighted by atomic mass is 9.83. The van der Waals surface area contributed by atoms with Crippen molar-refractivity contribution in [3.05, 3.63) is 286 Å². The van der Waals surface area contributed by atoms with E-state index in [4.69, 9.17) is 56.8 Å². The van der Waals surface area contributed by atoms with Crippen molar-refractivity contribution in [1.29, 1.82) is 0 Å². The first-order valence-electron chi connectivity index (χ1n) is 28.8. The third-order valence-electron chi connectivity index (χ3n) is 14.8. The first kappa shape index (κ1) is 60.9. The van der Waals surface area contributed by atoms with Crippen molar-refractivity contribution in [1.82, 2.24) is 0 Å². The third-order valence-corrected chi connectivity index (χ3v) is 14.8. The van der Waals surface area contributed by atoms with Crippen LogP contribution in [0.2, 0.25) is 0 Å². The quantitative estimate of drug-likeness (QED) is 0.0180. The van der Waals surface area contributed by atoms with E-state index in [1.54, 1.807) is 31.4 Å². The summed E-state index contributed by atoms with van der Waals surface area (Å²) in [5.41, 5.74) is 16.8. The molecule has 11 atom stereocenters. The summed E-state index contributed by atoms with van der Waals surface area (Å²) in [7, 11) is 1.62. The SMILES string of the molecule is COc1ccc(CO[C@@H]2[C@H](OCc3ccccc3)[C@H](OCc3ccccc3)[C@@H](OCc3ccccc3)[C@H](OCc3ccccc3)[C@H]2O[C@H]2O[C@H](COCc3ccccc3)[C@@H](OC(=O)COc3ccccc3)[C@H](OCc3ccccc3)[C@H]2N=[N+]=[N-])cc1. The zero-order chi connectivity index (χ0) is 59.0. The second-order valence-electron chi connectivity index (χ2n) is 20.8. The van der Waals surface area contributed by atoms with Crippen LogP contribution in [-0.4, -0.2) is 93.6 Å². The van der Waals surface area contributed by atoms with Crippen molar-refractivity contribution in [2.75, 3.05) is 20.3 Å². The molecule has 1 aliphatic carbocycles. The Morgan fingerprint density at radius 1 is 0.419 bits per heavy atom. The lowest BCUT2D eigenvalue weighted by molar-refractivity contribution is -0.340. The van der Waals surface area contributed by atoms with Crippen molar-refractivity contribution in [2.45, 2.75) is 114 Å². The van der Waals surface area contributed by atoms with Crippen molar-refractivity contribution in [3.63, 3.8) is 0 Å². The van der Waals surface area contributed by atoms with Crippen LogP contribution >= 0.6 is 0 Å². The fourth-order valence-electron chi connectivity index (χ4n) is 10.5. The van der Waals surface area contributed by atoms with Gasteiger partial charge in [0, 0.05) is 4.91 Å². The molecule has 1 aliphatic heterocycles. The van der Waals surface area contributed by atoms with Gasteiger partial charge in [-0.3, -0.25) is 0 Å². The van der Waals surface area contributed by atoms with Crippen LogP contribution in [0.4, 0.5) is 0 Å². The molecule has 0 radical (unpaired) electrons. The van der Waals surface area contributed by atoms with Crippen LogP contribution in [0.1, 0.15) is 38.9 Å². The molecule has 1 saturated heterocycles. The summed E-state index contributed by atoms with van der Waals surface area (Å²) in [5.74, 6) is 0.417. The number of hydrogen-bond acceptors (Lipinski definition) is 14. The van der Waals surface area contributed by atoms with E-state index < -0.39 is 79.8 Å². The Labute approximate surface area is 502 Å². The molecule has 8 aromatic carbocycles. The number of esters is 1. The van der Waals surface area contributed by atoms with Gasteiger partial charge in [0.25, 0.3) is 0 Å². The van der Waals surface area contributed by atoms with E-state index in [-0.39, 0.29) is 52.9 Å². The molecule has 444 valence electrons. The predicted molar refractivity (Wildman–Crippen MR) is 321 cm³/mol. The Hall–Kier alpha value is -8.22. The molecule has 1 saturated carbocycles. The number of azide groups is 1. The third kappa shape index (κ3) is 17.5. The first-order chi connectivity index (χ1) is 42.5. The van der Waals surface area contributed by atoms with Gasteiger partial charge in [-0.1, -0.05) is 217 Å². The highest BCUT2D eigenvalue weighted by Crippen LogP contribution is 2.40. The standard InChI is InChI=1S/C70H71N3O13/c1-75-57-39-37-56(38-40-57)47-83-68-66(81-45-54-31-17-6-18-32-54)64(79-43-52-27-13-4-14-28-52)65(80-44-53-29-15-5-16-30-53)67(82-46-55-33-19-7-20-34-55)69(68)86-70-61(72-73-71)63(78-42-51-25-11-3-12-26-51)62(85-60(74)49-77-58-35-21-8-22-36-58)59(84-70)48-76-41-50-23-9-2-10-24-50/h2-40,59,61-70H,41-49H2,1H3/t59-,61-,62-,63-,64-,65-,66-,67+,68-,69-,70-/m1/s1. The number of benzene rings is 8. The molecule has 86 heavy (non-hydrogen) atoms. The minimum Gasteiger partial charge on any atom is -0.497 e. The summed E-state index contributed by atoms with van der Waals surface area (Å²) in [6, 6.07) is 73.8. The molecule has 0 spiro atoms. The number of rotatable bonds is 30. The van der Waals surface area contributed by atoms with Gasteiger partial charge < -0.3 is 56.8 Å².